The van der Waals surface area contributed by atoms with E-state index in [9.17, 15) is 14.0 Å². The summed E-state index contributed by atoms with van der Waals surface area (Å²) < 4.78 is 23.0. The molecular formula is C25H27FN6O3. The van der Waals surface area contributed by atoms with Crippen LogP contribution in [0.25, 0.3) is 22.2 Å². The third kappa shape index (κ3) is 4.91. The number of benzene rings is 1. The zero-order valence-electron chi connectivity index (χ0n) is 20.5. The Bertz CT molecular complexity index is 1430. The molecule has 182 valence electrons. The second-order valence-corrected chi connectivity index (χ2v) is 9.34. The van der Waals surface area contributed by atoms with Gasteiger partial charge in [-0.1, -0.05) is 17.7 Å². The molecule has 0 aliphatic carbocycles. The minimum absolute atomic E-state index is 0.108. The molecule has 1 amide bonds. The van der Waals surface area contributed by atoms with Crippen molar-refractivity contribution < 1.29 is 18.7 Å². The van der Waals surface area contributed by atoms with Crippen molar-refractivity contribution in [3.05, 3.63) is 59.8 Å². The highest BCUT2D eigenvalue weighted by Crippen LogP contribution is 2.36. The van der Waals surface area contributed by atoms with Gasteiger partial charge in [-0.25, -0.2) is 28.4 Å². The first-order chi connectivity index (χ1) is 16.4. The van der Waals surface area contributed by atoms with Gasteiger partial charge in [-0.2, -0.15) is 5.10 Å². The van der Waals surface area contributed by atoms with Crippen LogP contribution in [0.1, 0.15) is 55.6 Å². The number of fused-ring (bicyclic) bond motifs is 1. The summed E-state index contributed by atoms with van der Waals surface area (Å²) in [6, 6.07) is 8.73. The third-order valence-corrected chi connectivity index (χ3v) is 5.33. The fourth-order valence-corrected chi connectivity index (χ4v) is 3.79. The number of aryl methyl sites for hydroxylation is 2. The molecule has 1 N–H and O–H groups in total. The molecule has 1 aromatic carbocycles. The highest BCUT2D eigenvalue weighted by molar-refractivity contribution is 6.03. The van der Waals surface area contributed by atoms with Crippen LogP contribution >= 0.6 is 0 Å². The third-order valence-electron chi connectivity index (χ3n) is 5.33. The van der Waals surface area contributed by atoms with Gasteiger partial charge in [-0.05, 0) is 52.3 Å². The molecule has 0 fully saturated rings. The summed E-state index contributed by atoms with van der Waals surface area (Å²) in [5.74, 6) is -0.181. The molecule has 1 atom stereocenters. The zero-order chi connectivity index (χ0) is 25.5. The number of carbonyl (C=O) groups is 2. The lowest BCUT2D eigenvalue weighted by atomic mass is 9.99. The molecule has 4 aromatic rings. The molecule has 3 heterocycles. The van der Waals surface area contributed by atoms with Crippen LogP contribution < -0.4 is 5.32 Å². The van der Waals surface area contributed by atoms with Crippen LogP contribution in [0.15, 0.2) is 42.9 Å². The van der Waals surface area contributed by atoms with E-state index in [0.717, 1.165) is 5.56 Å². The number of rotatable bonds is 4. The second-order valence-electron chi connectivity index (χ2n) is 9.34. The Labute approximate surface area is 201 Å². The Morgan fingerprint density at radius 1 is 1.14 bits per heavy atom. The number of aromatic nitrogens is 5. The summed E-state index contributed by atoms with van der Waals surface area (Å²) in [6.45, 7) is 8.67. The van der Waals surface area contributed by atoms with Gasteiger partial charge in [0.2, 0.25) is 5.82 Å². The number of hydrogen-bond acceptors (Lipinski definition) is 6. The summed E-state index contributed by atoms with van der Waals surface area (Å²) in [7, 11) is 1.60. The SMILES string of the molecule is Cc1ccc(C(C)F)c(-c2cc3cnc(NC(=O)c4ncnn4C)cc3n2C(=O)OC(C)(C)C)c1. The van der Waals surface area contributed by atoms with E-state index in [1.807, 2.05) is 19.1 Å². The number of alkyl halides is 1. The number of carbonyl (C=O) groups excluding carboxylic acids is 2. The number of anilines is 1. The van der Waals surface area contributed by atoms with Gasteiger partial charge in [-0.3, -0.25) is 4.79 Å². The number of amides is 1. The minimum Gasteiger partial charge on any atom is -0.443 e. The van der Waals surface area contributed by atoms with Crippen LogP contribution in [-0.2, 0) is 11.8 Å². The average Bonchev–Trinajstić information content (AvgIpc) is 3.35. The van der Waals surface area contributed by atoms with E-state index in [0.29, 0.717) is 27.7 Å². The quantitative estimate of drug-likeness (QED) is 0.432. The van der Waals surface area contributed by atoms with E-state index in [-0.39, 0.29) is 11.6 Å². The smallest absolute Gasteiger partial charge is 0.419 e. The maximum atomic E-state index is 14.5. The highest BCUT2D eigenvalue weighted by Gasteiger charge is 2.25. The van der Waals surface area contributed by atoms with E-state index in [4.69, 9.17) is 4.74 Å². The standard InChI is InChI=1S/C25H27FN6O3/c1-14-7-8-17(15(2)26)18(9-14)20-10-16-12-27-21(30-23(33)22-28-13-29-31(22)6)11-19(16)32(20)24(34)35-25(3,4)5/h7-13,15H,1-6H3,(H,27,30,33). The Morgan fingerprint density at radius 2 is 1.89 bits per heavy atom. The first-order valence-corrected chi connectivity index (χ1v) is 11.1. The molecule has 1 unspecified atom stereocenters. The van der Waals surface area contributed by atoms with Crippen molar-refractivity contribution >= 4 is 28.7 Å². The molecule has 0 aliphatic heterocycles. The van der Waals surface area contributed by atoms with Gasteiger partial charge in [0.15, 0.2) is 0 Å². The summed E-state index contributed by atoms with van der Waals surface area (Å²) in [5, 5.41) is 7.20. The fourth-order valence-electron chi connectivity index (χ4n) is 3.79. The Hall–Kier alpha value is -4.08. The molecular weight excluding hydrogens is 451 g/mol. The molecule has 4 rings (SSSR count). The molecule has 0 spiro atoms. The van der Waals surface area contributed by atoms with Crippen molar-refractivity contribution in [2.75, 3.05) is 5.32 Å². The lowest BCUT2D eigenvalue weighted by molar-refractivity contribution is 0.0547. The van der Waals surface area contributed by atoms with Crippen LogP contribution in [0.4, 0.5) is 15.0 Å². The minimum atomic E-state index is -1.25. The van der Waals surface area contributed by atoms with Gasteiger partial charge in [0.25, 0.3) is 5.91 Å². The number of nitrogens with one attached hydrogen (secondary N) is 1. The van der Waals surface area contributed by atoms with Crippen molar-refractivity contribution in [3.8, 4) is 11.3 Å². The predicted molar refractivity (Wildman–Crippen MR) is 130 cm³/mol. The zero-order valence-corrected chi connectivity index (χ0v) is 20.5. The summed E-state index contributed by atoms with van der Waals surface area (Å²) in [4.78, 5) is 34.2. The van der Waals surface area contributed by atoms with Crippen LogP contribution in [0.2, 0.25) is 0 Å². The van der Waals surface area contributed by atoms with E-state index in [1.165, 1.54) is 22.5 Å². The van der Waals surface area contributed by atoms with Crippen molar-refractivity contribution in [3.63, 3.8) is 0 Å². The normalized spacial score (nSPS) is 12.5. The van der Waals surface area contributed by atoms with Crippen molar-refractivity contribution in [1.82, 2.24) is 24.3 Å². The fraction of sp³-hybridized carbons (Fsp3) is 0.320. The average molecular weight is 479 g/mol. The van der Waals surface area contributed by atoms with E-state index < -0.39 is 23.8 Å². The van der Waals surface area contributed by atoms with Gasteiger partial charge >= 0.3 is 6.09 Å². The Morgan fingerprint density at radius 3 is 2.51 bits per heavy atom. The van der Waals surface area contributed by atoms with Crippen LogP contribution in [0.3, 0.4) is 0 Å². The molecule has 0 radical (unpaired) electrons. The summed E-state index contributed by atoms with van der Waals surface area (Å²) in [5.41, 5.74) is 2.11. The topological polar surface area (TPSA) is 104 Å². The molecule has 10 heteroatoms. The Balaban J connectivity index is 1.88. The number of hydrogen-bond donors (Lipinski definition) is 1. The Kier molecular flexibility index (Phi) is 6.14. The largest absolute Gasteiger partial charge is 0.443 e. The van der Waals surface area contributed by atoms with Crippen LogP contribution in [0, 0.1) is 6.92 Å². The van der Waals surface area contributed by atoms with E-state index in [1.54, 1.807) is 52.2 Å². The molecule has 9 nitrogen and oxygen atoms in total. The molecule has 3 aromatic heterocycles. The molecule has 0 saturated heterocycles. The summed E-state index contributed by atoms with van der Waals surface area (Å²) >= 11 is 0. The van der Waals surface area contributed by atoms with Gasteiger partial charge in [-0.15, -0.1) is 0 Å². The number of halogens is 1. The molecule has 35 heavy (non-hydrogen) atoms. The van der Waals surface area contributed by atoms with E-state index in [2.05, 4.69) is 20.4 Å². The van der Waals surface area contributed by atoms with E-state index >= 15 is 0 Å². The van der Waals surface area contributed by atoms with Gasteiger partial charge < -0.3 is 10.1 Å². The number of ether oxygens (including phenoxy) is 1. The van der Waals surface area contributed by atoms with Gasteiger partial charge in [0, 0.05) is 30.3 Å². The number of nitrogens with zero attached hydrogens (tertiary/aromatic N) is 5. The number of pyridine rings is 1. The van der Waals surface area contributed by atoms with Crippen molar-refractivity contribution in [2.24, 2.45) is 7.05 Å². The molecule has 0 aliphatic rings. The van der Waals surface area contributed by atoms with Crippen LogP contribution in [0.5, 0.6) is 0 Å². The lowest BCUT2D eigenvalue weighted by Crippen LogP contribution is -2.27. The second kappa shape index (κ2) is 8.94. The van der Waals surface area contributed by atoms with Gasteiger partial charge in [0.1, 0.15) is 23.9 Å². The molecule has 0 bridgehead atoms. The predicted octanol–water partition coefficient (Wildman–Crippen LogP) is 5.21. The maximum Gasteiger partial charge on any atom is 0.419 e. The van der Waals surface area contributed by atoms with Gasteiger partial charge in [0.05, 0.1) is 11.2 Å². The van der Waals surface area contributed by atoms with Crippen molar-refractivity contribution in [1.29, 1.82) is 0 Å². The highest BCUT2D eigenvalue weighted by atomic mass is 19.1. The van der Waals surface area contributed by atoms with Crippen molar-refractivity contribution in [2.45, 2.75) is 46.4 Å². The lowest BCUT2D eigenvalue weighted by Gasteiger charge is -2.22. The molecule has 0 saturated carbocycles. The summed E-state index contributed by atoms with van der Waals surface area (Å²) in [6.07, 6.45) is 0.935. The maximum absolute atomic E-state index is 14.5. The first kappa shape index (κ1) is 24.1. The van der Waals surface area contributed by atoms with Crippen LogP contribution in [-0.4, -0.2) is 41.9 Å². The monoisotopic (exact) mass is 478 g/mol. The first-order valence-electron chi connectivity index (χ1n) is 11.1.